The van der Waals surface area contributed by atoms with Gasteiger partial charge in [0.1, 0.15) is 0 Å². The molecule has 2 aliphatic rings. The van der Waals surface area contributed by atoms with E-state index in [-0.39, 0.29) is 0 Å². The highest BCUT2D eigenvalue weighted by atomic mass is 32.4. The van der Waals surface area contributed by atoms with Crippen molar-refractivity contribution in [2.24, 2.45) is 0 Å². The van der Waals surface area contributed by atoms with Gasteiger partial charge in [-0.25, -0.2) is 0 Å². The summed E-state index contributed by atoms with van der Waals surface area (Å²) in [5, 5.41) is 0. The van der Waals surface area contributed by atoms with Crippen LogP contribution in [0, 0.1) is 0 Å². The van der Waals surface area contributed by atoms with Crippen molar-refractivity contribution in [3.63, 3.8) is 0 Å². The summed E-state index contributed by atoms with van der Waals surface area (Å²) in [6.07, 6.45) is 8.86. The second-order valence-electron chi connectivity index (χ2n) is 2.72. The quantitative estimate of drug-likeness (QED) is 0.622. The van der Waals surface area contributed by atoms with Gasteiger partial charge >= 0.3 is 0 Å². The summed E-state index contributed by atoms with van der Waals surface area (Å²) < 4.78 is 1.13. The molecule has 2 heterocycles. The minimum atomic E-state index is 0.364. The Morgan fingerprint density at radius 1 is 0.600 bits per heavy atom. The normalized spacial score (nSPS) is 29.6. The van der Waals surface area contributed by atoms with E-state index in [1.165, 1.54) is 0 Å². The van der Waals surface area contributed by atoms with Gasteiger partial charge in [0.15, 0.2) is 8.23 Å². The molecule has 0 radical (unpaired) electrons. The summed E-state index contributed by atoms with van der Waals surface area (Å²) in [6.45, 7) is 0. The Bertz CT molecular complexity index is 200. The third-order valence-electron chi connectivity index (χ3n) is 2.00. The van der Waals surface area contributed by atoms with E-state index in [0.29, 0.717) is 8.23 Å². The molecule has 2 saturated heterocycles. The zero-order valence-electron chi connectivity index (χ0n) is 8.77. The Kier molecular flexibility index (Phi) is 4.79. The predicted octanol–water partition coefficient (Wildman–Crippen LogP) is 5.23. The van der Waals surface area contributed by atoms with Crippen molar-refractivity contribution in [3.8, 4) is 0 Å². The van der Waals surface area contributed by atoms with Gasteiger partial charge in [-0.1, -0.05) is 47.0 Å². The fraction of sp³-hybridized carbons (Fsp3) is 1.00. The molecule has 0 amide bonds. The largest absolute Gasteiger partial charge is 0.165 e. The van der Waals surface area contributed by atoms with Crippen LogP contribution in [0.2, 0.25) is 0 Å². The van der Waals surface area contributed by atoms with Crippen LogP contribution in [0.25, 0.3) is 0 Å². The van der Waals surface area contributed by atoms with E-state index in [2.05, 4.69) is 72.1 Å². The van der Waals surface area contributed by atoms with E-state index in [1.54, 1.807) is 0 Å². The molecule has 0 unspecified atom stereocenters. The maximum atomic E-state index is 2.22. The molecule has 1 spiro atoms. The first-order valence-electron chi connectivity index (χ1n) is 4.08. The van der Waals surface area contributed by atoms with Crippen LogP contribution in [0.1, 0.15) is 0 Å². The second-order valence-corrected chi connectivity index (χ2v) is 17.2. The zero-order valence-corrected chi connectivity index (χ0v) is 15.3. The predicted molar refractivity (Wildman–Crippen MR) is 92.6 cm³/mol. The molecule has 0 aromatic rings. The van der Waals surface area contributed by atoms with Crippen LogP contribution in [0.15, 0.2) is 0 Å². The van der Waals surface area contributed by atoms with E-state index in [4.69, 9.17) is 0 Å². The van der Waals surface area contributed by atoms with Crippen molar-refractivity contribution in [3.05, 3.63) is 0 Å². The van der Waals surface area contributed by atoms with Crippen LogP contribution in [0.4, 0.5) is 0 Å². The van der Waals surface area contributed by atoms with Gasteiger partial charge in [-0.05, 0) is 25.0 Å². The minimum Gasteiger partial charge on any atom is -0.126 e. The Labute approximate surface area is 126 Å². The van der Waals surface area contributed by atoms with Gasteiger partial charge in [-0.15, -0.1) is 47.0 Å². The number of rotatable bonds is 4. The first kappa shape index (κ1) is 14.2. The number of hydrogen-bond acceptors (Lipinski definition) is 8. The van der Waals surface area contributed by atoms with Gasteiger partial charge in [0, 0.05) is 0 Å². The monoisotopic (exact) mass is 352 g/mol. The molecular formula is C7H12S8. The Balaban J connectivity index is 1.91. The van der Waals surface area contributed by atoms with Gasteiger partial charge in [0.2, 0.25) is 0 Å². The fourth-order valence-electron chi connectivity index (χ4n) is 1.21. The molecule has 15 heavy (non-hydrogen) atoms. The molecule has 2 aliphatic heterocycles. The van der Waals surface area contributed by atoms with E-state index in [0.717, 1.165) is 0 Å². The van der Waals surface area contributed by atoms with Crippen LogP contribution in [-0.2, 0) is 0 Å². The first-order valence-corrected chi connectivity index (χ1v) is 12.2. The molecule has 8 heteroatoms. The molecule has 0 aromatic heterocycles. The molecule has 88 valence electrons. The van der Waals surface area contributed by atoms with Crippen LogP contribution in [0.3, 0.4) is 0 Å². The molecule has 0 N–H and O–H groups in total. The average molecular weight is 353 g/mol. The molecule has 0 nitrogen and oxygen atoms in total. The second kappa shape index (κ2) is 5.06. The highest BCUT2D eigenvalue weighted by Crippen LogP contribution is 2.91. The van der Waals surface area contributed by atoms with Crippen molar-refractivity contribution in [2.45, 2.75) is 8.23 Å². The van der Waals surface area contributed by atoms with Crippen molar-refractivity contribution in [1.82, 2.24) is 0 Å². The number of hydrogen-bond donors (Lipinski definition) is 0. The smallest absolute Gasteiger partial charge is 0.126 e. The van der Waals surface area contributed by atoms with Crippen molar-refractivity contribution < 1.29 is 0 Å². The third-order valence-corrected chi connectivity index (χ3v) is 18.0. The molecule has 0 aromatic carbocycles. The van der Waals surface area contributed by atoms with E-state index < -0.39 is 0 Å². The standard InChI is InChI=1S/C7H12S8/c1-8-5(9-2)12-7(13-5)14-6(10-3,11-4)15-7/h1-4H3. The molecular weight excluding hydrogens is 341 g/mol. The molecule has 0 atom stereocenters. The molecule has 2 fully saturated rings. The van der Waals surface area contributed by atoms with Gasteiger partial charge in [-0.2, -0.15) is 0 Å². The van der Waals surface area contributed by atoms with Crippen LogP contribution in [-0.4, -0.2) is 33.3 Å². The summed E-state index contributed by atoms with van der Waals surface area (Å²) in [5.74, 6) is 0. The molecule has 2 rings (SSSR count). The lowest BCUT2D eigenvalue weighted by Gasteiger charge is -2.61. The Morgan fingerprint density at radius 2 is 0.867 bits per heavy atom. The van der Waals surface area contributed by atoms with Gasteiger partial charge in [-0.3, -0.25) is 0 Å². The summed E-state index contributed by atoms with van der Waals surface area (Å²) in [7, 11) is 0. The van der Waals surface area contributed by atoms with Gasteiger partial charge < -0.3 is 0 Å². The van der Waals surface area contributed by atoms with E-state index in [9.17, 15) is 0 Å². The SMILES string of the molecule is CSC1(SC)SC2(S1)SC(SC)(SC)S2. The summed E-state index contributed by atoms with van der Waals surface area (Å²) in [6, 6.07) is 0. The van der Waals surface area contributed by atoms with E-state index >= 15 is 0 Å². The summed E-state index contributed by atoms with van der Waals surface area (Å²) in [4.78, 5) is 0. The average Bonchev–Trinajstić information content (AvgIpc) is 2.17. The van der Waals surface area contributed by atoms with Crippen molar-refractivity contribution in [2.75, 3.05) is 25.0 Å². The van der Waals surface area contributed by atoms with Gasteiger partial charge in [0.05, 0.1) is 0 Å². The van der Waals surface area contributed by atoms with Gasteiger partial charge in [0.25, 0.3) is 0 Å². The molecule has 0 bridgehead atoms. The van der Waals surface area contributed by atoms with E-state index in [1.807, 2.05) is 47.0 Å². The van der Waals surface area contributed by atoms with Crippen LogP contribution in [0.5, 0.6) is 0 Å². The van der Waals surface area contributed by atoms with Crippen LogP contribution < -0.4 is 0 Å². The first-order chi connectivity index (χ1) is 7.07. The molecule has 0 aliphatic carbocycles. The Morgan fingerprint density at radius 3 is 1.07 bits per heavy atom. The highest BCUT2D eigenvalue weighted by Gasteiger charge is 2.69. The lowest BCUT2D eigenvalue weighted by atomic mass is 11.7. The van der Waals surface area contributed by atoms with Crippen molar-refractivity contribution >= 4 is 94.1 Å². The lowest BCUT2D eigenvalue weighted by Crippen LogP contribution is -2.46. The maximum absolute atomic E-state index is 2.22. The third kappa shape index (κ3) is 2.44. The topological polar surface area (TPSA) is 0 Å². The van der Waals surface area contributed by atoms with Crippen LogP contribution >= 0.6 is 94.1 Å². The summed E-state index contributed by atoms with van der Waals surface area (Å²) >= 11 is 16.4. The lowest BCUT2D eigenvalue weighted by molar-refractivity contribution is 1.57. The zero-order chi connectivity index (χ0) is 11.2. The number of thioether (sulfide) groups is 8. The fourth-order valence-corrected chi connectivity index (χ4v) is 20.7. The minimum absolute atomic E-state index is 0.364. The Hall–Kier alpha value is 2.80. The maximum Gasteiger partial charge on any atom is 0.165 e. The highest BCUT2D eigenvalue weighted by molar-refractivity contribution is 8.76. The summed E-state index contributed by atoms with van der Waals surface area (Å²) in [5.41, 5.74) is 0. The molecule has 0 saturated carbocycles. The van der Waals surface area contributed by atoms with Crippen molar-refractivity contribution in [1.29, 1.82) is 0 Å².